The Labute approximate surface area is 112 Å². The van der Waals surface area contributed by atoms with E-state index in [1.807, 2.05) is 6.92 Å². The minimum atomic E-state index is -0.519. The molecule has 2 heterocycles. The lowest BCUT2D eigenvalue weighted by Gasteiger charge is -2.04. The highest BCUT2D eigenvalue weighted by Crippen LogP contribution is 2.31. The Morgan fingerprint density at radius 2 is 2.21 bits per heavy atom. The van der Waals surface area contributed by atoms with Crippen LogP contribution in [0.5, 0.6) is 0 Å². The number of hydrogen-bond acceptors (Lipinski definition) is 8. The number of nitrogens with one attached hydrogen (secondary N) is 1. The van der Waals surface area contributed by atoms with E-state index in [1.54, 1.807) is 0 Å². The number of rotatable bonds is 5. The lowest BCUT2D eigenvalue weighted by atomic mass is 10.5. The van der Waals surface area contributed by atoms with Crippen molar-refractivity contribution in [3.63, 3.8) is 0 Å². The molecule has 8 nitrogen and oxygen atoms in total. The van der Waals surface area contributed by atoms with Gasteiger partial charge in [0.15, 0.2) is 5.03 Å². The molecule has 0 aliphatic heterocycles. The molecule has 2 rings (SSSR count). The average molecular weight is 278 g/mol. The molecule has 98 valence electrons. The number of nitro groups is 1. The van der Waals surface area contributed by atoms with Crippen LogP contribution < -0.4 is 5.32 Å². The molecule has 0 atom stereocenters. The Bertz CT molecular complexity index is 579. The van der Waals surface area contributed by atoms with E-state index < -0.39 is 4.92 Å². The molecule has 0 aromatic carbocycles. The van der Waals surface area contributed by atoms with Crippen molar-refractivity contribution >= 4 is 23.4 Å². The first-order valence-electron chi connectivity index (χ1n) is 5.40. The SMILES string of the molecule is CCNc1ncc([N+](=O)[O-])c(Sc2cnccn2)n1. The van der Waals surface area contributed by atoms with Crippen LogP contribution in [0.1, 0.15) is 6.92 Å². The van der Waals surface area contributed by atoms with Gasteiger partial charge < -0.3 is 5.32 Å². The van der Waals surface area contributed by atoms with Crippen LogP contribution in [-0.4, -0.2) is 31.4 Å². The van der Waals surface area contributed by atoms with Gasteiger partial charge in [-0.05, 0) is 18.7 Å². The Morgan fingerprint density at radius 1 is 1.37 bits per heavy atom. The fourth-order valence-corrected chi connectivity index (χ4v) is 2.03. The summed E-state index contributed by atoms with van der Waals surface area (Å²) < 4.78 is 0. The van der Waals surface area contributed by atoms with Crippen molar-refractivity contribution in [1.29, 1.82) is 0 Å². The zero-order valence-electron chi connectivity index (χ0n) is 9.98. The topological polar surface area (TPSA) is 107 Å². The molecule has 1 N–H and O–H groups in total. The summed E-state index contributed by atoms with van der Waals surface area (Å²) in [6.45, 7) is 2.52. The Balaban J connectivity index is 2.35. The number of anilines is 1. The van der Waals surface area contributed by atoms with Gasteiger partial charge in [-0.1, -0.05) is 0 Å². The molecule has 2 aromatic heterocycles. The third-order valence-electron chi connectivity index (χ3n) is 2.01. The van der Waals surface area contributed by atoms with Gasteiger partial charge in [0.1, 0.15) is 11.2 Å². The second-order valence-electron chi connectivity index (χ2n) is 3.32. The minimum absolute atomic E-state index is 0.155. The lowest BCUT2D eigenvalue weighted by Crippen LogP contribution is -2.04. The first-order chi connectivity index (χ1) is 9.20. The van der Waals surface area contributed by atoms with Gasteiger partial charge in [0.05, 0.1) is 11.1 Å². The molecule has 0 aliphatic carbocycles. The molecule has 0 radical (unpaired) electrons. The molecule has 2 aromatic rings. The molecule has 19 heavy (non-hydrogen) atoms. The van der Waals surface area contributed by atoms with Crippen LogP contribution >= 0.6 is 11.8 Å². The first kappa shape index (κ1) is 13.1. The van der Waals surface area contributed by atoms with Crippen LogP contribution in [-0.2, 0) is 0 Å². The Hall–Kier alpha value is -2.29. The van der Waals surface area contributed by atoms with Gasteiger partial charge >= 0.3 is 5.69 Å². The highest BCUT2D eigenvalue weighted by atomic mass is 32.2. The summed E-state index contributed by atoms with van der Waals surface area (Å²) in [4.78, 5) is 26.4. The van der Waals surface area contributed by atoms with Crippen molar-refractivity contribution in [3.05, 3.63) is 34.9 Å². The van der Waals surface area contributed by atoms with E-state index in [9.17, 15) is 10.1 Å². The molecular formula is C10H10N6O2S. The molecule has 9 heteroatoms. The predicted molar refractivity (Wildman–Crippen MR) is 69.0 cm³/mol. The predicted octanol–water partition coefficient (Wildman–Crippen LogP) is 1.76. The van der Waals surface area contributed by atoms with Gasteiger partial charge in [0.25, 0.3) is 0 Å². The van der Waals surface area contributed by atoms with E-state index in [1.165, 1.54) is 24.8 Å². The van der Waals surface area contributed by atoms with E-state index >= 15 is 0 Å². The van der Waals surface area contributed by atoms with Gasteiger partial charge in [0, 0.05) is 18.9 Å². The van der Waals surface area contributed by atoms with Gasteiger partial charge in [-0.25, -0.2) is 9.97 Å². The number of hydrogen-bond donors (Lipinski definition) is 1. The maximum absolute atomic E-state index is 10.9. The molecular weight excluding hydrogens is 268 g/mol. The fraction of sp³-hybridized carbons (Fsp3) is 0.200. The molecule has 0 saturated heterocycles. The maximum atomic E-state index is 10.9. The van der Waals surface area contributed by atoms with Crippen LogP contribution in [0, 0.1) is 10.1 Å². The summed E-state index contributed by atoms with van der Waals surface area (Å²) in [7, 11) is 0. The molecule has 0 bridgehead atoms. The van der Waals surface area contributed by atoms with Crippen LogP contribution in [0.2, 0.25) is 0 Å². The summed E-state index contributed by atoms with van der Waals surface area (Å²) in [5.74, 6) is 0.347. The second kappa shape index (κ2) is 6.05. The average Bonchev–Trinajstić information content (AvgIpc) is 2.40. The van der Waals surface area contributed by atoms with E-state index in [0.29, 0.717) is 17.5 Å². The summed E-state index contributed by atoms with van der Waals surface area (Å²) >= 11 is 1.08. The third-order valence-corrected chi connectivity index (χ3v) is 2.92. The smallest absolute Gasteiger partial charge is 0.320 e. The fourth-order valence-electron chi connectivity index (χ4n) is 1.24. The molecule has 0 fully saturated rings. The van der Waals surface area contributed by atoms with E-state index in [4.69, 9.17) is 0 Å². The molecule has 0 saturated carbocycles. The Kier molecular flexibility index (Phi) is 4.18. The largest absolute Gasteiger partial charge is 0.354 e. The van der Waals surface area contributed by atoms with Gasteiger partial charge in [-0.3, -0.25) is 15.1 Å². The van der Waals surface area contributed by atoms with Crippen LogP contribution in [0.4, 0.5) is 11.6 Å². The van der Waals surface area contributed by atoms with E-state index in [0.717, 1.165) is 11.8 Å². The van der Waals surface area contributed by atoms with Crippen molar-refractivity contribution in [2.24, 2.45) is 0 Å². The summed E-state index contributed by atoms with van der Waals surface area (Å²) in [5, 5.41) is 14.6. The van der Waals surface area contributed by atoms with E-state index in [-0.39, 0.29) is 10.7 Å². The zero-order valence-corrected chi connectivity index (χ0v) is 10.8. The standard InChI is InChI=1S/C10H10N6O2S/c1-2-12-10-14-5-7(16(17)18)9(15-10)19-8-6-11-3-4-13-8/h3-6H,2H2,1H3,(H,12,14,15). The zero-order chi connectivity index (χ0) is 13.7. The summed E-state index contributed by atoms with van der Waals surface area (Å²) in [6.07, 6.45) is 5.75. The molecule has 0 unspecified atom stereocenters. The number of aromatic nitrogens is 4. The summed E-state index contributed by atoms with van der Waals surface area (Å²) in [6, 6.07) is 0. The number of nitrogens with zero attached hydrogens (tertiary/aromatic N) is 5. The summed E-state index contributed by atoms with van der Waals surface area (Å²) in [5.41, 5.74) is -0.155. The quantitative estimate of drug-likeness (QED) is 0.501. The minimum Gasteiger partial charge on any atom is -0.354 e. The third kappa shape index (κ3) is 3.35. The van der Waals surface area contributed by atoms with Crippen molar-refractivity contribution in [1.82, 2.24) is 19.9 Å². The van der Waals surface area contributed by atoms with Gasteiger partial charge in [0.2, 0.25) is 5.95 Å². The van der Waals surface area contributed by atoms with Crippen molar-refractivity contribution in [2.45, 2.75) is 17.0 Å². The first-order valence-corrected chi connectivity index (χ1v) is 6.21. The second-order valence-corrected chi connectivity index (χ2v) is 4.33. The molecule has 0 amide bonds. The Morgan fingerprint density at radius 3 is 2.84 bits per heavy atom. The van der Waals surface area contributed by atoms with Crippen LogP contribution in [0.3, 0.4) is 0 Å². The highest BCUT2D eigenvalue weighted by Gasteiger charge is 2.18. The van der Waals surface area contributed by atoms with E-state index in [2.05, 4.69) is 25.3 Å². The van der Waals surface area contributed by atoms with Crippen LogP contribution in [0.25, 0.3) is 0 Å². The van der Waals surface area contributed by atoms with Crippen molar-refractivity contribution < 1.29 is 4.92 Å². The highest BCUT2D eigenvalue weighted by molar-refractivity contribution is 7.99. The van der Waals surface area contributed by atoms with Crippen molar-refractivity contribution in [3.8, 4) is 0 Å². The van der Waals surface area contributed by atoms with Crippen LogP contribution in [0.15, 0.2) is 34.8 Å². The lowest BCUT2D eigenvalue weighted by molar-refractivity contribution is -0.388. The normalized spacial score (nSPS) is 10.2. The van der Waals surface area contributed by atoms with Gasteiger partial charge in [-0.15, -0.1) is 0 Å². The monoisotopic (exact) mass is 278 g/mol. The van der Waals surface area contributed by atoms with Gasteiger partial charge in [-0.2, -0.15) is 4.98 Å². The molecule has 0 aliphatic rings. The van der Waals surface area contributed by atoms with Crippen molar-refractivity contribution in [2.75, 3.05) is 11.9 Å². The maximum Gasteiger partial charge on any atom is 0.320 e. The molecule has 0 spiro atoms.